The van der Waals surface area contributed by atoms with Crippen molar-refractivity contribution in [3.63, 3.8) is 0 Å². The van der Waals surface area contributed by atoms with E-state index in [9.17, 15) is 0 Å². The van der Waals surface area contributed by atoms with Crippen molar-refractivity contribution in [1.82, 2.24) is 25.1 Å². The Bertz CT molecular complexity index is 1230. The lowest BCUT2D eigenvalue weighted by molar-refractivity contribution is 0.414. The van der Waals surface area contributed by atoms with E-state index in [2.05, 4.69) is 39.6 Å². The minimum Gasteiger partial charge on any atom is -0.496 e. The molecule has 6 heteroatoms. The number of methoxy groups -OCH3 is 1. The normalized spacial score (nSPS) is 13.7. The van der Waals surface area contributed by atoms with Crippen molar-refractivity contribution in [2.45, 2.75) is 0 Å². The molecule has 6 nitrogen and oxygen atoms in total. The van der Waals surface area contributed by atoms with Crippen LogP contribution in [0.3, 0.4) is 0 Å². The topological polar surface area (TPSA) is 64.9 Å². The van der Waals surface area contributed by atoms with E-state index in [1.165, 1.54) is 5.57 Å². The largest absolute Gasteiger partial charge is 0.496 e. The summed E-state index contributed by atoms with van der Waals surface area (Å²) in [7, 11) is 3.63. The van der Waals surface area contributed by atoms with Crippen LogP contribution in [0.4, 0.5) is 0 Å². The van der Waals surface area contributed by atoms with Crippen LogP contribution in [0.2, 0.25) is 0 Å². The number of hydrogen-bond acceptors (Lipinski definition) is 5. The number of benzene rings is 2. The van der Waals surface area contributed by atoms with Gasteiger partial charge in [-0.15, -0.1) is 0 Å². The van der Waals surface area contributed by atoms with Gasteiger partial charge in [-0.1, -0.05) is 36.4 Å². The van der Waals surface area contributed by atoms with Crippen molar-refractivity contribution < 1.29 is 4.74 Å². The molecular weight excluding hydrogens is 362 g/mol. The fraction of sp³-hybridized carbons (Fsp3) is 0.174. The molecule has 2 aromatic carbocycles. The molecule has 4 aromatic rings. The van der Waals surface area contributed by atoms with Gasteiger partial charge in [0.15, 0.2) is 0 Å². The third-order valence-electron chi connectivity index (χ3n) is 5.24. The van der Waals surface area contributed by atoms with E-state index >= 15 is 0 Å². The number of aryl methyl sites for hydroxylation is 1. The predicted octanol–water partition coefficient (Wildman–Crippen LogP) is 3.69. The van der Waals surface area contributed by atoms with Crippen molar-refractivity contribution in [3.05, 3.63) is 66.6 Å². The van der Waals surface area contributed by atoms with E-state index < -0.39 is 0 Å². The Morgan fingerprint density at radius 1 is 1.03 bits per heavy atom. The predicted molar refractivity (Wildman–Crippen MR) is 115 cm³/mol. The fourth-order valence-corrected chi connectivity index (χ4v) is 3.87. The zero-order valence-corrected chi connectivity index (χ0v) is 16.4. The van der Waals surface area contributed by atoms with E-state index in [0.29, 0.717) is 0 Å². The first kappa shape index (κ1) is 17.6. The molecule has 3 heterocycles. The molecule has 0 amide bonds. The van der Waals surface area contributed by atoms with Crippen LogP contribution >= 0.6 is 0 Å². The van der Waals surface area contributed by atoms with Gasteiger partial charge in [0.1, 0.15) is 17.8 Å². The molecule has 0 radical (unpaired) electrons. The second kappa shape index (κ2) is 7.14. The Hall–Kier alpha value is -3.51. The van der Waals surface area contributed by atoms with Gasteiger partial charge in [-0.25, -0.2) is 9.97 Å². The highest BCUT2D eigenvalue weighted by Crippen LogP contribution is 2.37. The summed E-state index contributed by atoms with van der Waals surface area (Å²) < 4.78 is 7.50. The highest BCUT2D eigenvalue weighted by atomic mass is 16.5. The molecule has 0 saturated carbocycles. The molecule has 144 valence electrons. The zero-order chi connectivity index (χ0) is 19.8. The quantitative estimate of drug-likeness (QED) is 0.582. The molecule has 0 saturated heterocycles. The second-order valence-electron chi connectivity index (χ2n) is 7.08. The third kappa shape index (κ3) is 3.07. The lowest BCUT2D eigenvalue weighted by atomic mass is 9.98. The van der Waals surface area contributed by atoms with Crippen LogP contribution in [0.15, 0.2) is 61.1 Å². The number of rotatable bonds is 4. The molecule has 2 aromatic heterocycles. The van der Waals surface area contributed by atoms with Crippen LogP contribution in [0.5, 0.6) is 5.75 Å². The molecule has 0 unspecified atom stereocenters. The maximum atomic E-state index is 5.66. The Morgan fingerprint density at radius 3 is 2.66 bits per heavy atom. The highest BCUT2D eigenvalue weighted by Gasteiger charge is 2.19. The Morgan fingerprint density at radius 2 is 1.90 bits per heavy atom. The average molecular weight is 383 g/mol. The van der Waals surface area contributed by atoms with Gasteiger partial charge < -0.3 is 10.1 Å². The summed E-state index contributed by atoms with van der Waals surface area (Å²) in [6.45, 7) is 1.70. The minimum atomic E-state index is 0.826. The summed E-state index contributed by atoms with van der Waals surface area (Å²) in [6.07, 6.45) is 5.83. The van der Waals surface area contributed by atoms with E-state index in [4.69, 9.17) is 9.84 Å². The number of nitrogens with zero attached hydrogens (tertiary/aromatic N) is 4. The van der Waals surface area contributed by atoms with Gasteiger partial charge in [0.25, 0.3) is 0 Å². The molecule has 1 aliphatic rings. The van der Waals surface area contributed by atoms with Crippen molar-refractivity contribution in [2.75, 3.05) is 20.2 Å². The first-order valence-electron chi connectivity index (χ1n) is 9.57. The molecule has 0 spiro atoms. The lowest BCUT2D eigenvalue weighted by Crippen LogP contribution is -2.08. The van der Waals surface area contributed by atoms with Gasteiger partial charge in [0.2, 0.25) is 0 Å². The summed E-state index contributed by atoms with van der Waals surface area (Å²) in [6, 6.07) is 14.3. The monoisotopic (exact) mass is 383 g/mol. The lowest BCUT2D eigenvalue weighted by Gasteiger charge is -2.13. The first-order chi connectivity index (χ1) is 14.2. The summed E-state index contributed by atoms with van der Waals surface area (Å²) in [5.41, 5.74) is 6.99. The summed E-state index contributed by atoms with van der Waals surface area (Å²) in [4.78, 5) is 9.16. The van der Waals surface area contributed by atoms with Crippen molar-refractivity contribution in [3.8, 4) is 28.3 Å². The van der Waals surface area contributed by atoms with Crippen molar-refractivity contribution in [1.29, 1.82) is 0 Å². The van der Waals surface area contributed by atoms with Gasteiger partial charge in [0.05, 0.1) is 18.3 Å². The number of ether oxygens (including phenoxy) is 1. The summed E-state index contributed by atoms with van der Waals surface area (Å²) >= 11 is 0. The van der Waals surface area contributed by atoms with E-state index in [-0.39, 0.29) is 0 Å². The van der Waals surface area contributed by atoms with E-state index in [1.807, 2.05) is 42.2 Å². The van der Waals surface area contributed by atoms with Crippen LogP contribution < -0.4 is 10.1 Å². The molecule has 0 bridgehead atoms. The molecule has 0 atom stereocenters. The standard InChI is InChI=1S/C23H21N5O/c1-28-13-19(22(27-28)15-6-4-3-5-7-15)23-18-10-17(16-8-9-24-12-16)21(29-2)11-20(18)25-14-26-23/h3-8,10-11,13-14,24H,9,12H2,1-2H3. The molecule has 29 heavy (non-hydrogen) atoms. The van der Waals surface area contributed by atoms with E-state index in [1.54, 1.807) is 13.4 Å². The Labute approximate surface area is 168 Å². The smallest absolute Gasteiger partial charge is 0.128 e. The summed E-state index contributed by atoms with van der Waals surface area (Å²) in [5.74, 6) is 0.826. The van der Waals surface area contributed by atoms with Gasteiger partial charge >= 0.3 is 0 Å². The average Bonchev–Trinajstić information content (AvgIpc) is 3.43. The van der Waals surface area contributed by atoms with Gasteiger partial charge in [-0.3, -0.25) is 4.68 Å². The summed E-state index contributed by atoms with van der Waals surface area (Å²) in [5, 5.41) is 9.05. The van der Waals surface area contributed by atoms with Gasteiger partial charge in [-0.2, -0.15) is 5.10 Å². The Balaban J connectivity index is 1.76. The van der Waals surface area contributed by atoms with Crippen LogP contribution in [0.1, 0.15) is 5.56 Å². The zero-order valence-electron chi connectivity index (χ0n) is 16.4. The SMILES string of the molecule is COc1cc2ncnc(-c3cn(C)nc3-c3ccccc3)c2cc1C1=CCNC1. The van der Waals surface area contributed by atoms with Crippen molar-refractivity contribution in [2.24, 2.45) is 7.05 Å². The second-order valence-corrected chi connectivity index (χ2v) is 7.08. The van der Waals surface area contributed by atoms with E-state index in [0.717, 1.165) is 57.8 Å². The minimum absolute atomic E-state index is 0.826. The number of nitrogens with one attached hydrogen (secondary N) is 1. The molecular formula is C23H21N5O. The number of hydrogen-bond donors (Lipinski definition) is 1. The molecule has 1 aliphatic heterocycles. The van der Waals surface area contributed by atoms with Gasteiger partial charge in [-0.05, 0) is 11.6 Å². The molecule has 1 N–H and O–H groups in total. The van der Waals surface area contributed by atoms with Crippen LogP contribution in [0, 0.1) is 0 Å². The molecule has 0 fully saturated rings. The van der Waals surface area contributed by atoms with Gasteiger partial charge in [0, 0.05) is 54.5 Å². The van der Waals surface area contributed by atoms with Crippen LogP contribution in [-0.2, 0) is 7.05 Å². The number of fused-ring (bicyclic) bond motifs is 1. The molecule has 0 aliphatic carbocycles. The van der Waals surface area contributed by atoms with Crippen LogP contribution in [-0.4, -0.2) is 39.9 Å². The van der Waals surface area contributed by atoms with Crippen molar-refractivity contribution >= 4 is 16.5 Å². The number of aromatic nitrogens is 4. The fourth-order valence-electron chi connectivity index (χ4n) is 3.87. The Kier molecular flexibility index (Phi) is 4.33. The highest BCUT2D eigenvalue weighted by molar-refractivity contribution is 5.98. The third-order valence-corrected chi connectivity index (χ3v) is 5.24. The maximum Gasteiger partial charge on any atom is 0.128 e. The molecule has 5 rings (SSSR count). The maximum absolute atomic E-state index is 5.66. The van der Waals surface area contributed by atoms with Crippen LogP contribution in [0.25, 0.3) is 39.0 Å². The first-order valence-corrected chi connectivity index (χ1v) is 9.57.